The first kappa shape index (κ1) is 51.4. The van der Waals surface area contributed by atoms with Crippen molar-refractivity contribution in [3.8, 4) is 23.2 Å². The molecule has 4 aromatic rings. The Labute approximate surface area is 358 Å². The van der Waals surface area contributed by atoms with Gasteiger partial charge in [0.25, 0.3) is 0 Å². The molecule has 0 unspecified atom stereocenters. The quantitative estimate of drug-likeness (QED) is 0.106. The van der Waals surface area contributed by atoms with Crippen LogP contribution >= 0.6 is 0 Å². The zero-order valence-corrected chi connectivity index (χ0v) is 33.2. The molecule has 16 nitrogen and oxygen atoms in total. The Bertz CT molecular complexity index is 2230. The Balaban J connectivity index is 0.000000366. The highest BCUT2D eigenvalue weighted by Gasteiger charge is 2.48. The molecule has 0 aromatic carbocycles. The number of aromatic amines is 1. The normalized spacial score (nSPS) is 18.8. The number of nitrogens with zero attached hydrogens (tertiary/aromatic N) is 7. The molecular formula is C37H37F12N9O7. The molecule has 356 valence electrons. The number of fused-ring (bicyclic) bond motifs is 1. The smallest absolute Gasteiger partial charge is 0.475 e. The molecule has 65 heavy (non-hydrogen) atoms. The summed E-state index contributed by atoms with van der Waals surface area (Å²) in [4.78, 5) is 44.7. The minimum absolute atomic E-state index is 0.0424. The summed E-state index contributed by atoms with van der Waals surface area (Å²) in [5.74, 6) is -8.23. The van der Waals surface area contributed by atoms with Gasteiger partial charge in [0, 0.05) is 61.1 Å². The van der Waals surface area contributed by atoms with E-state index in [1.165, 1.54) is 6.33 Å². The number of ether oxygens (including phenoxy) is 1. The topological polar surface area (TPSA) is 232 Å². The summed E-state index contributed by atoms with van der Waals surface area (Å²) >= 11 is 0. The first-order chi connectivity index (χ1) is 30.1. The van der Waals surface area contributed by atoms with Crippen molar-refractivity contribution in [3.05, 3.63) is 54.4 Å². The van der Waals surface area contributed by atoms with Crippen LogP contribution in [0.5, 0.6) is 5.88 Å². The summed E-state index contributed by atoms with van der Waals surface area (Å²) in [6.07, 6.45) is -6.08. The van der Waals surface area contributed by atoms with Gasteiger partial charge in [-0.3, -0.25) is 9.58 Å². The molecule has 0 bridgehead atoms. The van der Waals surface area contributed by atoms with E-state index in [0.29, 0.717) is 43.7 Å². The molecule has 0 spiro atoms. The third-order valence-electron chi connectivity index (χ3n) is 10.1. The van der Waals surface area contributed by atoms with Crippen LogP contribution in [0.3, 0.4) is 0 Å². The molecule has 7 rings (SSSR count). The van der Waals surface area contributed by atoms with E-state index in [4.69, 9.17) is 34.4 Å². The summed E-state index contributed by atoms with van der Waals surface area (Å²) in [6.45, 7) is 1.77. The van der Waals surface area contributed by atoms with Gasteiger partial charge in [0.05, 0.1) is 24.4 Å². The fourth-order valence-electron chi connectivity index (χ4n) is 6.70. The maximum atomic E-state index is 13.6. The van der Waals surface area contributed by atoms with Crippen molar-refractivity contribution >= 4 is 28.9 Å². The summed E-state index contributed by atoms with van der Waals surface area (Å²) in [5, 5.41) is 39.9. The second kappa shape index (κ2) is 20.7. The number of carboxylic acids is 3. The summed E-state index contributed by atoms with van der Waals surface area (Å²) in [6, 6.07) is 7.73. The van der Waals surface area contributed by atoms with E-state index in [0.717, 1.165) is 73.3 Å². The van der Waals surface area contributed by atoms with Gasteiger partial charge >= 0.3 is 42.6 Å². The van der Waals surface area contributed by atoms with Crippen molar-refractivity contribution in [2.75, 3.05) is 13.1 Å². The fourth-order valence-corrected chi connectivity index (χ4v) is 6.70. The van der Waals surface area contributed by atoms with Crippen LogP contribution in [-0.4, -0.2) is 118 Å². The van der Waals surface area contributed by atoms with Crippen molar-refractivity contribution in [2.45, 2.75) is 106 Å². The van der Waals surface area contributed by atoms with E-state index in [9.17, 15) is 57.9 Å². The van der Waals surface area contributed by atoms with Crippen LogP contribution in [0.15, 0.2) is 43.1 Å². The van der Waals surface area contributed by atoms with E-state index in [1.54, 1.807) is 12.3 Å². The van der Waals surface area contributed by atoms with Gasteiger partial charge in [-0.25, -0.2) is 29.3 Å². The van der Waals surface area contributed by atoms with E-state index in [2.05, 4.69) is 41.3 Å². The number of nitrogens with one attached hydrogen (secondary N) is 2. The molecule has 0 amide bonds. The van der Waals surface area contributed by atoms with Gasteiger partial charge in [0.15, 0.2) is 0 Å². The first-order valence-corrected chi connectivity index (χ1v) is 19.0. The Hall–Kier alpha value is -6.24. The van der Waals surface area contributed by atoms with Gasteiger partial charge in [-0.15, -0.1) is 0 Å². The molecule has 4 aromatic heterocycles. The van der Waals surface area contributed by atoms with Crippen LogP contribution < -0.4 is 10.1 Å². The third-order valence-corrected chi connectivity index (χ3v) is 10.1. The molecule has 2 aliphatic carbocycles. The third kappa shape index (κ3) is 14.4. The molecule has 3 fully saturated rings. The molecule has 2 saturated carbocycles. The van der Waals surface area contributed by atoms with Crippen LogP contribution in [0.1, 0.15) is 62.6 Å². The number of aromatic nitrogens is 6. The van der Waals surface area contributed by atoms with Gasteiger partial charge in [0.1, 0.15) is 29.3 Å². The van der Waals surface area contributed by atoms with Crippen molar-refractivity contribution < 1.29 is 87.1 Å². The van der Waals surface area contributed by atoms with Crippen LogP contribution in [-0.2, 0) is 32.6 Å². The lowest BCUT2D eigenvalue weighted by Gasteiger charge is -2.53. The number of hydrogen-bond acceptors (Lipinski definition) is 11. The summed E-state index contributed by atoms with van der Waals surface area (Å²) < 4.78 is 144. The first-order valence-electron chi connectivity index (χ1n) is 19.0. The number of rotatable bonds is 9. The number of alkyl halides is 12. The zero-order valence-electron chi connectivity index (χ0n) is 33.2. The number of carboxylic acid groups (broad SMARTS) is 3. The lowest BCUT2D eigenvalue weighted by molar-refractivity contribution is -0.193. The molecule has 0 atom stereocenters. The minimum atomic E-state index is -5.08. The summed E-state index contributed by atoms with van der Waals surface area (Å²) in [5.41, 5.74) is 1.63. The van der Waals surface area contributed by atoms with E-state index in [1.807, 2.05) is 23.1 Å². The lowest BCUT2D eigenvalue weighted by Crippen LogP contribution is -2.65. The highest BCUT2D eigenvalue weighted by Crippen LogP contribution is 2.39. The number of H-pyrrole nitrogens is 1. The predicted molar refractivity (Wildman–Crippen MR) is 196 cm³/mol. The largest absolute Gasteiger partial charge is 0.490 e. The number of aliphatic carboxylic acids is 3. The monoisotopic (exact) mass is 947 g/mol. The Morgan fingerprint density at radius 1 is 0.862 bits per heavy atom. The highest BCUT2D eigenvalue weighted by molar-refractivity contribution is 5.90. The molecule has 1 saturated heterocycles. The molecule has 0 radical (unpaired) electrons. The van der Waals surface area contributed by atoms with E-state index < -0.39 is 53.8 Å². The van der Waals surface area contributed by atoms with Crippen LogP contribution in [0.4, 0.5) is 52.7 Å². The second-order valence-electron chi connectivity index (χ2n) is 14.8. The van der Waals surface area contributed by atoms with Crippen LogP contribution in [0.25, 0.3) is 22.3 Å². The second-order valence-corrected chi connectivity index (χ2v) is 14.8. The van der Waals surface area contributed by atoms with Gasteiger partial charge in [-0.1, -0.05) is 6.42 Å². The molecule has 5 N–H and O–H groups in total. The SMILES string of the molecule is N#CCC1(n2cc(-c3ncnc4[nH]ccc34)cn2)CN(C2CCC(Oc3cc(CNC4CCC4)cc(C(F)(F)F)n3)CC2)C1.O=C(O)C(F)(F)F.O=C(O)C(F)(F)F.O=C(O)C(F)(F)F. The number of likely N-dealkylation sites (tertiary alicyclic amines) is 1. The van der Waals surface area contributed by atoms with Crippen LogP contribution in [0, 0.1) is 11.3 Å². The molecule has 1 aliphatic heterocycles. The fraction of sp³-hybridized carbons (Fsp3) is 0.514. The summed E-state index contributed by atoms with van der Waals surface area (Å²) in [7, 11) is 0. The predicted octanol–water partition coefficient (Wildman–Crippen LogP) is 7.09. The Morgan fingerprint density at radius 2 is 1.43 bits per heavy atom. The molecule has 5 heterocycles. The maximum absolute atomic E-state index is 13.6. The number of hydrogen-bond donors (Lipinski definition) is 5. The average molecular weight is 948 g/mol. The molecule has 3 aliphatic rings. The minimum Gasteiger partial charge on any atom is -0.475 e. The van der Waals surface area contributed by atoms with Crippen molar-refractivity contribution in [1.29, 1.82) is 5.26 Å². The standard InChI is InChI=1S/C31H34F3N9O.3C2HF3O2/c32-31(33,34)26-12-20(14-37-22-2-1-3-22)13-27(41-26)44-24-6-4-23(5-7-24)42-17-30(18-42,9-10-35)43-16-21(15-40-43)28-25-8-11-36-29(25)39-19-38-28;3*3-2(4,5)1(6)7/h8,11-13,15-16,19,22-24,37H,1-7,9,14,17-18H2,(H,36,38,39);3*(H,6,7). The highest BCUT2D eigenvalue weighted by atomic mass is 19.4. The van der Waals surface area contributed by atoms with Crippen molar-refractivity contribution in [3.63, 3.8) is 0 Å². The van der Waals surface area contributed by atoms with Crippen LogP contribution in [0.2, 0.25) is 0 Å². The van der Waals surface area contributed by atoms with Crippen molar-refractivity contribution in [1.82, 2.24) is 39.9 Å². The number of halogens is 12. The van der Waals surface area contributed by atoms with Crippen molar-refractivity contribution in [2.24, 2.45) is 0 Å². The zero-order chi connectivity index (χ0) is 48.5. The lowest BCUT2D eigenvalue weighted by atomic mass is 9.82. The van der Waals surface area contributed by atoms with Gasteiger partial charge in [-0.05, 0) is 56.2 Å². The van der Waals surface area contributed by atoms with E-state index >= 15 is 0 Å². The van der Waals surface area contributed by atoms with Gasteiger partial charge in [-0.2, -0.15) is 63.0 Å². The molecule has 28 heteroatoms. The van der Waals surface area contributed by atoms with E-state index in [-0.39, 0.29) is 12.0 Å². The number of carbonyl (C=O) groups is 3. The Morgan fingerprint density at radius 3 is 1.92 bits per heavy atom. The Kier molecular flexibility index (Phi) is 16.4. The number of pyridine rings is 1. The number of nitriles is 1. The molecular weight excluding hydrogens is 910 g/mol. The van der Waals surface area contributed by atoms with Gasteiger partial charge in [0.2, 0.25) is 5.88 Å². The maximum Gasteiger partial charge on any atom is 0.490 e. The van der Waals surface area contributed by atoms with Gasteiger partial charge < -0.3 is 30.4 Å². The average Bonchev–Trinajstić information content (AvgIpc) is 3.86.